The smallest absolute Gasteiger partial charge is 0.296 e. The summed E-state index contributed by atoms with van der Waals surface area (Å²) < 4.78 is 28.7. The van der Waals surface area contributed by atoms with Gasteiger partial charge in [0, 0.05) is 0 Å². The van der Waals surface area contributed by atoms with Gasteiger partial charge in [-0.3, -0.25) is 4.72 Å². The van der Waals surface area contributed by atoms with Gasteiger partial charge in [0.25, 0.3) is 10.2 Å². The van der Waals surface area contributed by atoms with Crippen LogP contribution in [0.15, 0.2) is 18.2 Å². The highest BCUT2D eigenvalue weighted by molar-refractivity contribution is 7.90. The molecule has 0 radical (unpaired) electrons. The molecule has 0 bridgehead atoms. The third-order valence-corrected chi connectivity index (χ3v) is 2.11. The summed E-state index contributed by atoms with van der Waals surface area (Å²) in [5.41, 5.74) is 1.31. The minimum atomic E-state index is -3.75. The van der Waals surface area contributed by atoms with E-state index in [1.807, 2.05) is 6.92 Å². The molecule has 5 nitrogen and oxygen atoms in total. The summed E-state index contributed by atoms with van der Waals surface area (Å²) >= 11 is 0. The van der Waals surface area contributed by atoms with Crippen molar-refractivity contribution in [3.05, 3.63) is 23.8 Å². The highest BCUT2D eigenvalue weighted by atomic mass is 32.2. The second-order valence-corrected chi connectivity index (χ2v) is 4.14. The third kappa shape index (κ3) is 2.90. The van der Waals surface area contributed by atoms with Gasteiger partial charge in [0.05, 0.1) is 12.8 Å². The van der Waals surface area contributed by atoms with E-state index in [0.29, 0.717) is 11.4 Å². The zero-order chi connectivity index (χ0) is 10.8. The standard InChI is InChI=1S/C8H12N2O3S/c1-6-3-4-7(8(5-6)13-2)10-14(9,11)12/h3-5,10H,1-2H3,(H2,9,11,12). The van der Waals surface area contributed by atoms with Gasteiger partial charge in [-0.15, -0.1) is 0 Å². The van der Waals surface area contributed by atoms with Crippen LogP contribution in [0, 0.1) is 6.92 Å². The lowest BCUT2D eigenvalue weighted by molar-refractivity contribution is 0.416. The van der Waals surface area contributed by atoms with Crippen LogP contribution in [0.5, 0.6) is 5.75 Å². The molecule has 0 amide bonds. The van der Waals surface area contributed by atoms with E-state index < -0.39 is 10.2 Å². The van der Waals surface area contributed by atoms with E-state index in [1.54, 1.807) is 18.2 Å². The van der Waals surface area contributed by atoms with Crippen molar-refractivity contribution in [3.63, 3.8) is 0 Å². The second-order valence-electron chi connectivity index (χ2n) is 2.85. The molecular weight excluding hydrogens is 204 g/mol. The fourth-order valence-electron chi connectivity index (χ4n) is 1.04. The molecule has 14 heavy (non-hydrogen) atoms. The van der Waals surface area contributed by atoms with Crippen molar-refractivity contribution in [2.45, 2.75) is 6.92 Å². The van der Waals surface area contributed by atoms with Crippen LogP contribution in [-0.4, -0.2) is 15.5 Å². The van der Waals surface area contributed by atoms with Gasteiger partial charge >= 0.3 is 0 Å². The van der Waals surface area contributed by atoms with E-state index in [1.165, 1.54) is 7.11 Å². The van der Waals surface area contributed by atoms with Gasteiger partial charge in [-0.1, -0.05) is 6.07 Å². The fourth-order valence-corrected chi connectivity index (χ4v) is 1.51. The molecule has 3 N–H and O–H groups in total. The fraction of sp³-hybridized carbons (Fsp3) is 0.250. The quantitative estimate of drug-likeness (QED) is 0.777. The Balaban J connectivity index is 3.09. The van der Waals surface area contributed by atoms with Crippen molar-refractivity contribution in [2.75, 3.05) is 11.8 Å². The number of ether oxygens (including phenoxy) is 1. The van der Waals surface area contributed by atoms with E-state index in [0.717, 1.165) is 5.56 Å². The van der Waals surface area contributed by atoms with Crippen molar-refractivity contribution in [3.8, 4) is 5.75 Å². The van der Waals surface area contributed by atoms with Crippen LogP contribution in [0.1, 0.15) is 5.56 Å². The minimum Gasteiger partial charge on any atom is -0.495 e. The Kier molecular flexibility index (Phi) is 2.97. The Morgan fingerprint density at radius 2 is 2.07 bits per heavy atom. The van der Waals surface area contributed by atoms with Crippen LogP contribution in [0.3, 0.4) is 0 Å². The minimum absolute atomic E-state index is 0.334. The zero-order valence-corrected chi connectivity index (χ0v) is 8.76. The first kappa shape index (κ1) is 10.8. The molecule has 1 aromatic rings. The first-order valence-electron chi connectivity index (χ1n) is 3.87. The molecule has 0 heterocycles. The summed E-state index contributed by atoms with van der Waals surface area (Å²) in [7, 11) is -2.29. The van der Waals surface area contributed by atoms with Crippen LogP contribution in [0.2, 0.25) is 0 Å². The van der Waals surface area contributed by atoms with Gasteiger partial charge in [-0.25, -0.2) is 5.14 Å². The topological polar surface area (TPSA) is 81.4 Å². The molecule has 1 aromatic carbocycles. The third-order valence-electron chi connectivity index (χ3n) is 1.61. The highest BCUT2D eigenvalue weighted by Crippen LogP contribution is 2.25. The molecule has 0 saturated carbocycles. The van der Waals surface area contributed by atoms with Crippen molar-refractivity contribution < 1.29 is 13.2 Å². The average Bonchev–Trinajstić information content (AvgIpc) is 2.06. The maximum Gasteiger partial charge on any atom is 0.296 e. The summed E-state index contributed by atoms with van der Waals surface area (Å²) in [6.45, 7) is 1.88. The Morgan fingerprint density at radius 1 is 1.43 bits per heavy atom. The molecule has 1 rings (SSSR count). The summed E-state index contributed by atoms with van der Waals surface area (Å²) in [6, 6.07) is 5.07. The number of nitrogens with one attached hydrogen (secondary N) is 1. The van der Waals surface area contributed by atoms with E-state index in [-0.39, 0.29) is 0 Å². The number of aryl methyl sites for hydroxylation is 1. The lowest BCUT2D eigenvalue weighted by atomic mass is 10.2. The van der Waals surface area contributed by atoms with Gasteiger partial charge in [0.1, 0.15) is 5.75 Å². The van der Waals surface area contributed by atoms with Crippen molar-refractivity contribution >= 4 is 15.9 Å². The second kappa shape index (κ2) is 3.85. The van der Waals surface area contributed by atoms with E-state index >= 15 is 0 Å². The van der Waals surface area contributed by atoms with Crippen LogP contribution < -0.4 is 14.6 Å². The molecule has 0 saturated heterocycles. The first-order chi connectivity index (χ1) is 6.42. The number of nitrogens with two attached hydrogens (primary N) is 1. The van der Waals surface area contributed by atoms with Crippen molar-refractivity contribution in [1.29, 1.82) is 0 Å². The SMILES string of the molecule is COc1cc(C)ccc1NS(N)(=O)=O. The van der Waals surface area contributed by atoms with Crippen molar-refractivity contribution in [1.82, 2.24) is 0 Å². The molecule has 0 spiro atoms. The van der Waals surface area contributed by atoms with Crippen molar-refractivity contribution in [2.24, 2.45) is 5.14 Å². The van der Waals surface area contributed by atoms with Gasteiger partial charge < -0.3 is 4.74 Å². The zero-order valence-electron chi connectivity index (χ0n) is 7.94. The lowest BCUT2D eigenvalue weighted by Crippen LogP contribution is -2.22. The van der Waals surface area contributed by atoms with Gasteiger partial charge in [-0.05, 0) is 24.6 Å². The van der Waals surface area contributed by atoms with Gasteiger partial charge in [-0.2, -0.15) is 8.42 Å². The summed E-state index contributed by atoms with van der Waals surface area (Å²) in [6.07, 6.45) is 0. The maximum atomic E-state index is 10.8. The Hall–Kier alpha value is -1.27. The Morgan fingerprint density at radius 3 is 2.57 bits per heavy atom. The van der Waals surface area contributed by atoms with Crippen LogP contribution in [-0.2, 0) is 10.2 Å². The lowest BCUT2D eigenvalue weighted by Gasteiger charge is -2.09. The van der Waals surface area contributed by atoms with Gasteiger partial charge in [0.2, 0.25) is 0 Å². The molecule has 78 valence electrons. The highest BCUT2D eigenvalue weighted by Gasteiger charge is 2.07. The summed E-state index contributed by atoms with van der Waals surface area (Å²) in [4.78, 5) is 0. The molecule has 0 fully saturated rings. The van der Waals surface area contributed by atoms with E-state index in [4.69, 9.17) is 9.88 Å². The Bertz CT molecular complexity index is 428. The van der Waals surface area contributed by atoms with Crippen LogP contribution in [0.25, 0.3) is 0 Å². The van der Waals surface area contributed by atoms with Crippen LogP contribution in [0.4, 0.5) is 5.69 Å². The molecule has 0 aliphatic carbocycles. The van der Waals surface area contributed by atoms with E-state index in [9.17, 15) is 8.42 Å². The monoisotopic (exact) mass is 216 g/mol. The predicted molar refractivity (Wildman–Crippen MR) is 54.5 cm³/mol. The number of benzene rings is 1. The normalized spacial score (nSPS) is 11.1. The Labute approximate surface area is 83.1 Å². The number of methoxy groups -OCH3 is 1. The summed E-state index contributed by atoms with van der Waals surface area (Å²) in [5.74, 6) is 0.444. The molecule has 0 unspecified atom stereocenters. The van der Waals surface area contributed by atoms with Crippen LogP contribution >= 0.6 is 0 Å². The average molecular weight is 216 g/mol. The molecule has 0 aliphatic heterocycles. The molecule has 0 atom stereocenters. The number of hydrogen-bond donors (Lipinski definition) is 2. The largest absolute Gasteiger partial charge is 0.495 e. The van der Waals surface area contributed by atoms with E-state index in [2.05, 4.69) is 4.72 Å². The summed E-state index contributed by atoms with van der Waals surface area (Å²) in [5, 5.41) is 4.83. The van der Waals surface area contributed by atoms with Gasteiger partial charge in [0.15, 0.2) is 0 Å². The molecule has 0 aliphatic rings. The number of anilines is 1. The number of hydrogen-bond acceptors (Lipinski definition) is 3. The maximum absolute atomic E-state index is 10.8. The first-order valence-corrected chi connectivity index (χ1v) is 5.42. The molecular formula is C8H12N2O3S. The molecule has 6 heteroatoms. The predicted octanol–water partition coefficient (Wildman–Crippen LogP) is 0.619. The number of rotatable bonds is 3. The molecule has 0 aromatic heterocycles.